The van der Waals surface area contributed by atoms with Gasteiger partial charge in [0.15, 0.2) is 5.76 Å². The fourth-order valence-corrected chi connectivity index (χ4v) is 1.53. The molecule has 2 heterocycles. The van der Waals surface area contributed by atoms with E-state index in [0.717, 1.165) is 29.9 Å². The molecule has 0 saturated carbocycles. The summed E-state index contributed by atoms with van der Waals surface area (Å²) in [5.74, 6) is 1.23. The Labute approximate surface area is 110 Å². The molecule has 7 heteroatoms. The first kappa shape index (κ1) is 13.3. The lowest BCUT2D eigenvalue weighted by Gasteiger charge is -2.01. The van der Waals surface area contributed by atoms with Gasteiger partial charge in [-0.1, -0.05) is 20.3 Å². The summed E-state index contributed by atoms with van der Waals surface area (Å²) in [7, 11) is 0. The van der Waals surface area contributed by atoms with Crippen molar-refractivity contribution in [1.29, 1.82) is 0 Å². The molecule has 0 aliphatic heterocycles. The number of hydrogen-bond acceptors (Lipinski definition) is 6. The van der Waals surface area contributed by atoms with Crippen LogP contribution in [0.3, 0.4) is 0 Å². The summed E-state index contributed by atoms with van der Waals surface area (Å²) in [6, 6.07) is 3.65. The van der Waals surface area contributed by atoms with Gasteiger partial charge >= 0.3 is 5.97 Å². The third-order valence-corrected chi connectivity index (χ3v) is 2.58. The number of hydrogen-bond donors (Lipinski definition) is 0. The van der Waals surface area contributed by atoms with Crippen molar-refractivity contribution in [2.45, 2.75) is 39.5 Å². The Bertz CT molecular complexity index is 547. The number of carbonyl (C=O) groups excluding carboxylic acids is 1. The Morgan fingerprint density at radius 2 is 2.26 bits per heavy atom. The van der Waals surface area contributed by atoms with E-state index in [0.29, 0.717) is 5.76 Å². The molecule has 0 aliphatic rings. The van der Waals surface area contributed by atoms with Crippen molar-refractivity contribution < 1.29 is 14.0 Å². The minimum absolute atomic E-state index is 0.249. The normalized spacial score (nSPS) is 10.6. The van der Waals surface area contributed by atoms with Gasteiger partial charge in [0.25, 0.3) is 5.82 Å². The fraction of sp³-hybridized carbons (Fsp3) is 0.500. The Morgan fingerprint density at radius 3 is 3.00 bits per heavy atom. The zero-order valence-electron chi connectivity index (χ0n) is 11.0. The number of unbranched alkanes of at least 4 members (excludes halogenated alkanes) is 1. The van der Waals surface area contributed by atoms with Crippen molar-refractivity contribution in [3.05, 3.63) is 17.9 Å². The summed E-state index contributed by atoms with van der Waals surface area (Å²) in [4.78, 5) is 17.2. The van der Waals surface area contributed by atoms with Gasteiger partial charge in [-0.05, 0) is 33.8 Å². The number of tetrazole rings is 1. The van der Waals surface area contributed by atoms with Gasteiger partial charge in [0, 0.05) is 12.8 Å². The zero-order chi connectivity index (χ0) is 13.7. The maximum atomic E-state index is 11.2. The molecule has 0 spiro atoms. The summed E-state index contributed by atoms with van der Waals surface area (Å²) < 4.78 is 5.63. The van der Waals surface area contributed by atoms with E-state index in [1.165, 1.54) is 0 Å². The van der Waals surface area contributed by atoms with Gasteiger partial charge in [0.2, 0.25) is 0 Å². The summed E-state index contributed by atoms with van der Waals surface area (Å²) in [6.45, 7) is 3.82. The molecule has 0 aromatic carbocycles. The van der Waals surface area contributed by atoms with Crippen molar-refractivity contribution in [2.75, 3.05) is 0 Å². The second-order valence-corrected chi connectivity index (χ2v) is 4.06. The molecule has 0 amide bonds. The van der Waals surface area contributed by atoms with Gasteiger partial charge in [-0.2, -0.15) is 0 Å². The van der Waals surface area contributed by atoms with Gasteiger partial charge in [-0.3, -0.25) is 0 Å². The molecule has 0 unspecified atom stereocenters. The van der Waals surface area contributed by atoms with E-state index in [1.54, 1.807) is 13.0 Å². The van der Waals surface area contributed by atoms with E-state index in [4.69, 9.17) is 9.25 Å². The summed E-state index contributed by atoms with van der Waals surface area (Å²) in [6.07, 6.45) is 3.27. The molecule has 0 bridgehead atoms. The Hall–Kier alpha value is -2.18. The smallest absolute Gasteiger partial charge is 0.334 e. The quantitative estimate of drug-likeness (QED) is 0.737. The number of aromatic nitrogens is 4. The largest absolute Gasteiger partial charge is 0.458 e. The SMILES string of the molecule is CCCCc1ccc(-c2nnnn2OC(=O)CC)o1. The molecule has 19 heavy (non-hydrogen) atoms. The molecule has 2 rings (SSSR count). The predicted molar refractivity (Wildman–Crippen MR) is 66.0 cm³/mol. The maximum Gasteiger partial charge on any atom is 0.334 e. The minimum atomic E-state index is -0.411. The van der Waals surface area contributed by atoms with Gasteiger partial charge in [-0.15, -0.1) is 5.10 Å². The monoisotopic (exact) mass is 264 g/mol. The van der Waals surface area contributed by atoms with Crippen LogP contribution in [0, 0.1) is 0 Å². The van der Waals surface area contributed by atoms with Crippen LogP contribution >= 0.6 is 0 Å². The standard InChI is InChI=1S/C12H16N4O3/c1-3-5-6-9-7-8-10(18-9)12-13-14-15-16(12)19-11(17)4-2/h7-8H,3-6H2,1-2H3. The van der Waals surface area contributed by atoms with Crippen LogP contribution < -0.4 is 4.84 Å². The molecular formula is C12H16N4O3. The van der Waals surface area contributed by atoms with Gasteiger partial charge in [0.1, 0.15) is 5.76 Å². The van der Waals surface area contributed by atoms with Gasteiger partial charge in [-0.25, -0.2) is 4.79 Å². The lowest BCUT2D eigenvalue weighted by atomic mass is 10.2. The average molecular weight is 264 g/mol. The number of rotatable bonds is 6. The number of furan rings is 1. The van der Waals surface area contributed by atoms with Crippen LogP contribution in [-0.4, -0.2) is 26.3 Å². The van der Waals surface area contributed by atoms with Crippen molar-refractivity contribution in [3.63, 3.8) is 0 Å². The van der Waals surface area contributed by atoms with Crippen LogP contribution in [0.2, 0.25) is 0 Å². The molecule has 2 aromatic rings. The first-order valence-electron chi connectivity index (χ1n) is 6.33. The molecule has 0 N–H and O–H groups in total. The predicted octanol–water partition coefficient (Wildman–Crippen LogP) is 1.64. The highest BCUT2D eigenvalue weighted by atomic mass is 16.7. The van der Waals surface area contributed by atoms with E-state index in [2.05, 4.69) is 22.4 Å². The van der Waals surface area contributed by atoms with Crippen LogP contribution in [0.25, 0.3) is 11.6 Å². The van der Waals surface area contributed by atoms with Crippen LogP contribution in [-0.2, 0) is 11.2 Å². The number of nitrogens with zero attached hydrogens (tertiary/aromatic N) is 4. The lowest BCUT2D eigenvalue weighted by Crippen LogP contribution is -2.20. The van der Waals surface area contributed by atoms with E-state index < -0.39 is 5.97 Å². The lowest BCUT2D eigenvalue weighted by molar-refractivity contribution is -0.145. The summed E-state index contributed by atoms with van der Waals surface area (Å²) >= 11 is 0. The Kier molecular flexibility index (Phi) is 4.27. The average Bonchev–Trinajstić information content (AvgIpc) is 3.04. The fourth-order valence-electron chi connectivity index (χ4n) is 1.53. The van der Waals surface area contributed by atoms with Crippen molar-refractivity contribution in [2.24, 2.45) is 0 Å². The van der Waals surface area contributed by atoms with Crippen LogP contribution in [0.15, 0.2) is 16.5 Å². The highest BCUT2D eigenvalue weighted by Gasteiger charge is 2.16. The van der Waals surface area contributed by atoms with E-state index >= 15 is 0 Å². The summed E-state index contributed by atoms with van der Waals surface area (Å²) in [5, 5.41) is 10.9. The van der Waals surface area contributed by atoms with Gasteiger partial charge < -0.3 is 9.25 Å². The number of aryl methyl sites for hydroxylation is 1. The van der Waals surface area contributed by atoms with Crippen LogP contribution in [0.1, 0.15) is 38.9 Å². The molecule has 0 radical (unpaired) electrons. The highest BCUT2D eigenvalue weighted by Crippen LogP contribution is 2.19. The minimum Gasteiger partial charge on any atom is -0.458 e. The molecule has 102 valence electrons. The molecule has 0 atom stereocenters. The van der Waals surface area contributed by atoms with E-state index in [-0.39, 0.29) is 12.2 Å². The number of carbonyl (C=O) groups is 1. The third-order valence-electron chi connectivity index (χ3n) is 2.58. The van der Waals surface area contributed by atoms with Gasteiger partial charge in [0.05, 0.1) is 0 Å². The molecule has 0 fully saturated rings. The molecule has 0 aliphatic carbocycles. The van der Waals surface area contributed by atoms with E-state index in [9.17, 15) is 4.79 Å². The molecule has 2 aromatic heterocycles. The maximum absolute atomic E-state index is 11.2. The zero-order valence-corrected chi connectivity index (χ0v) is 11.0. The van der Waals surface area contributed by atoms with Crippen molar-refractivity contribution >= 4 is 5.97 Å². The second-order valence-electron chi connectivity index (χ2n) is 4.06. The molecule has 7 nitrogen and oxygen atoms in total. The Balaban J connectivity index is 2.15. The highest BCUT2D eigenvalue weighted by molar-refractivity contribution is 5.69. The first-order chi connectivity index (χ1) is 9.24. The van der Waals surface area contributed by atoms with Crippen molar-refractivity contribution in [1.82, 2.24) is 20.4 Å². The topological polar surface area (TPSA) is 83.0 Å². The Morgan fingerprint density at radius 1 is 1.42 bits per heavy atom. The van der Waals surface area contributed by atoms with E-state index in [1.807, 2.05) is 6.07 Å². The first-order valence-corrected chi connectivity index (χ1v) is 6.33. The second kappa shape index (κ2) is 6.12. The van der Waals surface area contributed by atoms with Crippen molar-refractivity contribution in [3.8, 4) is 11.6 Å². The van der Waals surface area contributed by atoms with Crippen LogP contribution in [0.5, 0.6) is 0 Å². The summed E-state index contributed by atoms with van der Waals surface area (Å²) in [5.41, 5.74) is 0. The molecule has 0 saturated heterocycles. The van der Waals surface area contributed by atoms with Crippen LogP contribution in [0.4, 0.5) is 0 Å². The third kappa shape index (κ3) is 3.18. The molecular weight excluding hydrogens is 248 g/mol.